The van der Waals surface area contributed by atoms with Crippen LogP contribution in [0.5, 0.6) is 5.75 Å². The molecule has 0 aliphatic rings. The van der Waals surface area contributed by atoms with Crippen molar-refractivity contribution in [1.29, 1.82) is 0 Å². The predicted octanol–water partition coefficient (Wildman–Crippen LogP) is 3.02. The van der Waals surface area contributed by atoms with E-state index in [0.717, 1.165) is 11.3 Å². The first-order valence-electron chi connectivity index (χ1n) is 6.36. The van der Waals surface area contributed by atoms with Crippen molar-refractivity contribution < 1.29 is 9.90 Å². The highest BCUT2D eigenvalue weighted by Gasteiger charge is 2.07. The molecule has 0 spiro atoms. The Morgan fingerprint density at radius 3 is 2.30 bits per heavy atom. The molecule has 0 aromatic heterocycles. The SMILES string of the molecule is Cc1ccc(NC(=O)c2ccc(N(C)C)cc2)cc1O. The van der Waals surface area contributed by atoms with Crippen LogP contribution < -0.4 is 10.2 Å². The minimum absolute atomic E-state index is 0.172. The lowest BCUT2D eigenvalue weighted by Gasteiger charge is -2.12. The predicted molar refractivity (Wildman–Crippen MR) is 81.6 cm³/mol. The van der Waals surface area contributed by atoms with Gasteiger partial charge in [-0.1, -0.05) is 6.07 Å². The van der Waals surface area contributed by atoms with Gasteiger partial charge in [0.25, 0.3) is 5.91 Å². The van der Waals surface area contributed by atoms with Gasteiger partial charge in [0.15, 0.2) is 0 Å². The molecule has 0 radical (unpaired) electrons. The van der Waals surface area contributed by atoms with E-state index in [1.54, 1.807) is 37.3 Å². The molecule has 2 N–H and O–H groups in total. The Labute approximate surface area is 118 Å². The third-order valence-corrected chi connectivity index (χ3v) is 3.11. The van der Waals surface area contributed by atoms with Crippen LogP contribution in [0.1, 0.15) is 15.9 Å². The summed E-state index contributed by atoms with van der Waals surface area (Å²) in [4.78, 5) is 14.1. The van der Waals surface area contributed by atoms with Gasteiger partial charge in [0, 0.05) is 37.1 Å². The number of rotatable bonds is 3. The molecule has 1 amide bonds. The minimum Gasteiger partial charge on any atom is -0.508 e. The van der Waals surface area contributed by atoms with E-state index in [9.17, 15) is 9.90 Å². The molecule has 0 fully saturated rings. The lowest BCUT2D eigenvalue weighted by molar-refractivity contribution is 0.102. The smallest absolute Gasteiger partial charge is 0.255 e. The van der Waals surface area contributed by atoms with E-state index in [0.29, 0.717) is 11.3 Å². The highest BCUT2D eigenvalue weighted by Crippen LogP contribution is 2.21. The third kappa shape index (κ3) is 3.09. The third-order valence-electron chi connectivity index (χ3n) is 3.11. The zero-order chi connectivity index (χ0) is 14.7. The number of hydrogen-bond acceptors (Lipinski definition) is 3. The number of carbonyl (C=O) groups is 1. The van der Waals surface area contributed by atoms with Crippen LogP contribution in [-0.2, 0) is 0 Å². The number of phenols is 1. The van der Waals surface area contributed by atoms with Crippen molar-refractivity contribution in [3.8, 4) is 5.75 Å². The summed E-state index contributed by atoms with van der Waals surface area (Å²) < 4.78 is 0. The summed E-state index contributed by atoms with van der Waals surface area (Å²) in [6.45, 7) is 1.81. The minimum atomic E-state index is -0.196. The number of amides is 1. The number of nitrogens with zero attached hydrogens (tertiary/aromatic N) is 1. The number of aromatic hydroxyl groups is 1. The molecular weight excluding hydrogens is 252 g/mol. The summed E-state index contributed by atoms with van der Waals surface area (Å²) in [7, 11) is 3.90. The molecule has 0 saturated carbocycles. The van der Waals surface area contributed by atoms with Gasteiger partial charge in [-0.15, -0.1) is 0 Å². The summed E-state index contributed by atoms with van der Waals surface area (Å²) in [6.07, 6.45) is 0. The molecule has 4 nitrogen and oxygen atoms in total. The second-order valence-corrected chi connectivity index (χ2v) is 4.90. The van der Waals surface area contributed by atoms with Crippen molar-refractivity contribution in [2.75, 3.05) is 24.3 Å². The summed E-state index contributed by atoms with van der Waals surface area (Å²) in [5.41, 5.74) is 2.97. The summed E-state index contributed by atoms with van der Waals surface area (Å²) in [6, 6.07) is 12.4. The van der Waals surface area contributed by atoms with Crippen LogP contribution in [0.4, 0.5) is 11.4 Å². The Balaban J connectivity index is 2.13. The molecule has 0 unspecified atom stereocenters. The van der Waals surface area contributed by atoms with Gasteiger partial charge in [-0.25, -0.2) is 0 Å². The summed E-state index contributed by atoms with van der Waals surface area (Å²) >= 11 is 0. The summed E-state index contributed by atoms with van der Waals surface area (Å²) in [5.74, 6) is -0.0238. The average molecular weight is 270 g/mol. The van der Waals surface area contributed by atoms with Crippen molar-refractivity contribution >= 4 is 17.3 Å². The highest BCUT2D eigenvalue weighted by atomic mass is 16.3. The number of hydrogen-bond donors (Lipinski definition) is 2. The number of benzene rings is 2. The Bertz CT molecular complexity index is 619. The molecule has 2 rings (SSSR count). The van der Waals surface area contributed by atoms with E-state index in [2.05, 4.69) is 5.32 Å². The molecule has 0 heterocycles. The molecular formula is C16H18N2O2. The van der Waals surface area contributed by atoms with Gasteiger partial charge in [-0.05, 0) is 42.8 Å². The second kappa shape index (κ2) is 5.65. The largest absolute Gasteiger partial charge is 0.508 e. The molecule has 4 heteroatoms. The van der Waals surface area contributed by atoms with Gasteiger partial charge in [-0.3, -0.25) is 4.79 Å². The Morgan fingerprint density at radius 2 is 1.75 bits per heavy atom. The fourth-order valence-corrected chi connectivity index (χ4v) is 1.80. The zero-order valence-electron chi connectivity index (χ0n) is 11.8. The van der Waals surface area contributed by atoms with E-state index in [4.69, 9.17) is 0 Å². The van der Waals surface area contributed by atoms with Gasteiger partial charge >= 0.3 is 0 Å². The molecule has 104 valence electrons. The Morgan fingerprint density at radius 1 is 1.10 bits per heavy atom. The Hall–Kier alpha value is -2.49. The molecule has 0 atom stereocenters. The number of carbonyl (C=O) groups excluding carboxylic acids is 1. The van der Waals surface area contributed by atoms with Gasteiger partial charge in [0.2, 0.25) is 0 Å². The lowest BCUT2D eigenvalue weighted by Crippen LogP contribution is -2.13. The normalized spacial score (nSPS) is 10.2. The fourth-order valence-electron chi connectivity index (χ4n) is 1.80. The van der Waals surface area contributed by atoms with Gasteiger partial charge in [0.05, 0.1) is 0 Å². The van der Waals surface area contributed by atoms with E-state index in [1.807, 2.05) is 31.1 Å². The maximum atomic E-state index is 12.1. The van der Waals surface area contributed by atoms with Crippen molar-refractivity contribution in [2.45, 2.75) is 6.92 Å². The number of nitrogens with one attached hydrogen (secondary N) is 1. The molecule has 0 saturated heterocycles. The summed E-state index contributed by atoms with van der Waals surface area (Å²) in [5, 5.41) is 12.4. The van der Waals surface area contributed by atoms with Crippen LogP contribution in [0, 0.1) is 6.92 Å². The first-order valence-corrected chi connectivity index (χ1v) is 6.36. The first-order chi connectivity index (χ1) is 9.47. The monoisotopic (exact) mass is 270 g/mol. The highest BCUT2D eigenvalue weighted by molar-refractivity contribution is 6.04. The van der Waals surface area contributed by atoms with E-state index >= 15 is 0 Å². The van der Waals surface area contributed by atoms with Crippen molar-refractivity contribution in [2.24, 2.45) is 0 Å². The van der Waals surface area contributed by atoms with Crippen LogP contribution in [0.15, 0.2) is 42.5 Å². The Kier molecular flexibility index (Phi) is 3.94. The molecule has 0 aliphatic heterocycles. The number of phenolic OH excluding ortho intramolecular Hbond substituents is 1. The van der Waals surface area contributed by atoms with Gasteiger partial charge in [-0.2, -0.15) is 0 Å². The van der Waals surface area contributed by atoms with Gasteiger partial charge < -0.3 is 15.3 Å². The fraction of sp³-hybridized carbons (Fsp3) is 0.188. The van der Waals surface area contributed by atoms with Crippen molar-refractivity contribution in [1.82, 2.24) is 0 Å². The average Bonchev–Trinajstić information content (AvgIpc) is 2.43. The van der Waals surface area contributed by atoms with Gasteiger partial charge in [0.1, 0.15) is 5.75 Å². The number of anilines is 2. The van der Waals surface area contributed by atoms with Crippen LogP contribution in [0.2, 0.25) is 0 Å². The quantitative estimate of drug-likeness (QED) is 0.901. The maximum absolute atomic E-state index is 12.1. The van der Waals surface area contributed by atoms with Crippen molar-refractivity contribution in [3.05, 3.63) is 53.6 Å². The van der Waals surface area contributed by atoms with Crippen LogP contribution in [0.3, 0.4) is 0 Å². The molecule has 0 aliphatic carbocycles. The standard InChI is InChI=1S/C16H18N2O2/c1-11-4-7-13(10-15(11)19)17-16(20)12-5-8-14(9-6-12)18(2)3/h4-10,19H,1-3H3,(H,17,20). The molecule has 2 aromatic rings. The van der Waals surface area contributed by atoms with E-state index in [-0.39, 0.29) is 11.7 Å². The van der Waals surface area contributed by atoms with E-state index < -0.39 is 0 Å². The molecule has 2 aromatic carbocycles. The second-order valence-electron chi connectivity index (χ2n) is 4.90. The topological polar surface area (TPSA) is 52.6 Å². The molecule has 20 heavy (non-hydrogen) atoms. The zero-order valence-corrected chi connectivity index (χ0v) is 11.8. The molecule has 0 bridgehead atoms. The van der Waals surface area contributed by atoms with Crippen LogP contribution in [-0.4, -0.2) is 25.1 Å². The van der Waals surface area contributed by atoms with Crippen LogP contribution >= 0.6 is 0 Å². The van der Waals surface area contributed by atoms with E-state index in [1.165, 1.54) is 0 Å². The number of aryl methyl sites for hydroxylation is 1. The maximum Gasteiger partial charge on any atom is 0.255 e. The van der Waals surface area contributed by atoms with Crippen LogP contribution in [0.25, 0.3) is 0 Å². The van der Waals surface area contributed by atoms with Crippen molar-refractivity contribution in [3.63, 3.8) is 0 Å². The lowest BCUT2D eigenvalue weighted by atomic mass is 10.1. The first kappa shape index (κ1) is 13.9.